The van der Waals surface area contributed by atoms with Crippen LogP contribution in [0, 0.1) is 5.82 Å². The highest BCUT2D eigenvalue weighted by molar-refractivity contribution is 6.15. The van der Waals surface area contributed by atoms with Crippen LogP contribution in [-0.4, -0.2) is 17.2 Å². The van der Waals surface area contributed by atoms with Gasteiger partial charge in [0.15, 0.2) is 0 Å². The van der Waals surface area contributed by atoms with Crippen LogP contribution in [0.1, 0.15) is 24.0 Å². The number of benzene rings is 2. The minimum atomic E-state index is -0.222. The first-order valence-corrected chi connectivity index (χ1v) is 8.82. The molecule has 0 N–H and O–H groups in total. The molecule has 0 amide bonds. The molecular weight excluding hydrogens is 323 g/mol. The van der Waals surface area contributed by atoms with E-state index in [1.807, 2.05) is 42.6 Å². The van der Waals surface area contributed by atoms with Crippen molar-refractivity contribution in [1.82, 2.24) is 4.98 Å². The molecule has 2 nitrogen and oxygen atoms in total. The molecule has 3 heteroatoms. The predicted molar refractivity (Wildman–Crippen MR) is 105 cm³/mol. The Morgan fingerprint density at radius 3 is 2.65 bits per heavy atom. The topological polar surface area (TPSA) is 25.2 Å². The Morgan fingerprint density at radius 1 is 0.923 bits per heavy atom. The lowest BCUT2D eigenvalue weighted by atomic mass is 9.92. The number of hydrogen-bond donors (Lipinski definition) is 0. The molecule has 0 saturated carbocycles. The molecule has 1 aromatic heterocycles. The van der Waals surface area contributed by atoms with E-state index < -0.39 is 0 Å². The van der Waals surface area contributed by atoms with Gasteiger partial charge in [0.1, 0.15) is 5.82 Å². The van der Waals surface area contributed by atoms with Crippen molar-refractivity contribution in [2.75, 3.05) is 6.54 Å². The number of allylic oxidation sites excluding steroid dienone is 1. The van der Waals surface area contributed by atoms with E-state index in [1.54, 1.807) is 18.3 Å². The fourth-order valence-corrected chi connectivity index (χ4v) is 3.33. The predicted octanol–water partition coefficient (Wildman–Crippen LogP) is 5.55. The Balaban J connectivity index is 1.79. The van der Waals surface area contributed by atoms with Crippen LogP contribution in [0.25, 0.3) is 17.2 Å². The monoisotopic (exact) mass is 342 g/mol. The molecule has 3 aromatic rings. The molecule has 0 aliphatic carbocycles. The van der Waals surface area contributed by atoms with Gasteiger partial charge in [-0.15, -0.1) is 0 Å². The number of pyridine rings is 1. The third-order valence-electron chi connectivity index (χ3n) is 4.54. The number of halogens is 1. The smallest absolute Gasteiger partial charge is 0.123 e. The maximum absolute atomic E-state index is 13.7. The van der Waals surface area contributed by atoms with Crippen LogP contribution in [0.3, 0.4) is 0 Å². The zero-order valence-corrected chi connectivity index (χ0v) is 14.4. The summed E-state index contributed by atoms with van der Waals surface area (Å²) in [4.78, 5) is 8.97. The van der Waals surface area contributed by atoms with E-state index in [-0.39, 0.29) is 5.82 Å². The molecule has 0 unspecified atom stereocenters. The Morgan fingerprint density at radius 2 is 1.81 bits per heavy atom. The number of aromatic nitrogens is 1. The third-order valence-corrected chi connectivity index (χ3v) is 4.54. The third kappa shape index (κ3) is 3.47. The lowest BCUT2D eigenvalue weighted by molar-refractivity contribution is 0.628. The molecule has 0 bridgehead atoms. The van der Waals surface area contributed by atoms with E-state index >= 15 is 0 Å². The molecule has 26 heavy (non-hydrogen) atoms. The molecule has 0 fully saturated rings. The van der Waals surface area contributed by atoms with Gasteiger partial charge in [0.25, 0.3) is 0 Å². The first kappa shape index (κ1) is 16.4. The fourth-order valence-electron chi connectivity index (χ4n) is 3.33. The van der Waals surface area contributed by atoms with E-state index in [9.17, 15) is 4.39 Å². The summed E-state index contributed by atoms with van der Waals surface area (Å²) in [6.07, 6.45) is 7.83. The van der Waals surface area contributed by atoms with Crippen molar-refractivity contribution in [3.8, 4) is 11.1 Å². The average molecular weight is 342 g/mol. The van der Waals surface area contributed by atoms with Gasteiger partial charge in [-0.2, -0.15) is 0 Å². The Kier molecular flexibility index (Phi) is 4.69. The molecule has 0 radical (unpaired) electrons. The molecular formula is C23H19FN2. The largest absolute Gasteiger partial charge is 0.284 e. The van der Waals surface area contributed by atoms with Gasteiger partial charge in [-0.1, -0.05) is 36.4 Å². The van der Waals surface area contributed by atoms with Gasteiger partial charge < -0.3 is 0 Å². The summed E-state index contributed by atoms with van der Waals surface area (Å²) in [5.74, 6) is -0.222. The molecule has 1 aliphatic rings. The summed E-state index contributed by atoms with van der Waals surface area (Å²) >= 11 is 0. The first-order chi connectivity index (χ1) is 12.8. The van der Waals surface area contributed by atoms with Crippen LogP contribution in [0.4, 0.5) is 4.39 Å². The lowest BCUT2D eigenvalue weighted by Gasteiger charge is -2.17. The molecule has 2 heterocycles. The maximum Gasteiger partial charge on any atom is 0.123 e. The van der Waals surface area contributed by atoms with Gasteiger partial charge in [0.05, 0.1) is 5.71 Å². The highest BCUT2D eigenvalue weighted by Gasteiger charge is 2.15. The second-order valence-electron chi connectivity index (χ2n) is 6.34. The van der Waals surface area contributed by atoms with Crippen molar-refractivity contribution < 1.29 is 4.39 Å². The van der Waals surface area contributed by atoms with Crippen molar-refractivity contribution >= 4 is 11.8 Å². The van der Waals surface area contributed by atoms with Gasteiger partial charge in [0, 0.05) is 24.5 Å². The normalized spacial score (nSPS) is 15.7. The van der Waals surface area contributed by atoms with Crippen molar-refractivity contribution in [3.63, 3.8) is 0 Å². The summed E-state index contributed by atoms with van der Waals surface area (Å²) in [5.41, 5.74) is 6.24. The summed E-state index contributed by atoms with van der Waals surface area (Å²) in [7, 11) is 0. The van der Waals surface area contributed by atoms with Crippen molar-refractivity contribution in [2.45, 2.75) is 12.8 Å². The highest BCUT2D eigenvalue weighted by Crippen LogP contribution is 2.29. The van der Waals surface area contributed by atoms with Gasteiger partial charge in [-0.05, 0) is 65.4 Å². The summed E-state index contributed by atoms with van der Waals surface area (Å²) in [6.45, 7) is 0.840. The van der Waals surface area contributed by atoms with Crippen molar-refractivity contribution in [3.05, 3.63) is 95.6 Å². The maximum atomic E-state index is 13.7. The number of aliphatic imine (C=N–C) groups is 1. The fraction of sp³-hybridized carbons (Fsp3) is 0.130. The van der Waals surface area contributed by atoms with E-state index in [1.165, 1.54) is 11.6 Å². The average Bonchev–Trinajstić information content (AvgIpc) is 2.69. The van der Waals surface area contributed by atoms with Gasteiger partial charge in [-0.25, -0.2) is 4.39 Å². The molecule has 128 valence electrons. The van der Waals surface area contributed by atoms with Crippen molar-refractivity contribution in [1.29, 1.82) is 0 Å². The standard InChI is InChI=1S/C23H19FN2/c24-21-10-3-7-18(15-21)22-11-2-1-6-17(22)14-19-8-5-13-26-23(19)20-9-4-12-25-16-20/h1-4,6-7,9-12,14-16H,5,8,13H2. The molecule has 0 atom stereocenters. The minimum absolute atomic E-state index is 0.222. The summed E-state index contributed by atoms with van der Waals surface area (Å²) < 4.78 is 13.7. The Hall–Kier alpha value is -3.07. The second-order valence-corrected chi connectivity index (χ2v) is 6.34. The minimum Gasteiger partial charge on any atom is -0.284 e. The molecule has 1 aliphatic heterocycles. The summed E-state index contributed by atoms with van der Waals surface area (Å²) in [6, 6.07) is 18.8. The van der Waals surface area contributed by atoms with Crippen molar-refractivity contribution in [2.24, 2.45) is 4.99 Å². The van der Waals surface area contributed by atoms with Gasteiger partial charge in [-0.3, -0.25) is 9.98 Å². The molecule has 0 spiro atoms. The van der Waals surface area contributed by atoms with Gasteiger partial charge in [0.2, 0.25) is 0 Å². The SMILES string of the molecule is Fc1cccc(-c2ccccc2C=C2CCCN=C2c2cccnc2)c1. The first-order valence-electron chi connectivity index (χ1n) is 8.82. The zero-order valence-electron chi connectivity index (χ0n) is 14.4. The Labute approximate surface area is 152 Å². The second kappa shape index (κ2) is 7.44. The molecule has 0 saturated heterocycles. The number of nitrogens with zero attached hydrogens (tertiary/aromatic N) is 2. The van der Waals surface area contributed by atoms with E-state index in [2.05, 4.69) is 17.1 Å². The number of hydrogen-bond acceptors (Lipinski definition) is 2. The lowest BCUT2D eigenvalue weighted by Crippen LogP contribution is -2.12. The zero-order chi connectivity index (χ0) is 17.8. The van der Waals surface area contributed by atoms with Crippen LogP contribution in [-0.2, 0) is 0 Å². The summed E-state index contributed by atoms with van der Waals surface area (Å²) in [5, 5.41) is 0. The Bertz CT molecular complexity index is 974. The van der Waals surface area contributed by atoms with E-state index in [4.69, 9.17) is 4.99 Å². The van der Waals surface area contributed by atoms with E-state index in [0.717, 1.165) is 47.4 Å². The van der Waals surface area contributed by atoms with Crippen LogP contribution in [0.2, 0.25) is 0 Å². The van der Waals surface area contributed by atoms with Crippen LogP contribution < -0.4 is 0 Å². The van der Waals surface area contributed by atoms with Crippen LogP contribution >= 0.6 is 0 Å². The number of rotatable bonds is 3. The molecule has 4 rings (SSSR count). The van der Waals surface area contributed by atoms with Crippen LogP contribution in [0.5, 0.6) is 0 Å². The highest BCUT2D eigenvalue weighted by atomic mass is 19.1. The molecule has 2 aromatic carbocycles. The van der Waals surface area contributed by atoms with Crippen LogP contribution in [0.15, 0.2) is 83.6 Å². The van der Waals surface area contributed by atoms with E-state index in [0.29, 0.717) is 0 Å². The quantitative estimate of drug-likeness (QED) is 0.612. The van der Waals surface area contributed by atoms with Gasteiger partial charge >= 0.3 is 0 Å².